The van der Waals surface area contributed by atoms with Crippen LogP contribution in [0.5, 0.6) is 0 Å². The number of aromatic nitrogens is 3. The number of nitrogens with one attached hydrogen (secondary N) is 1. The number of hydrogen-bond acceptors (Lipinski definition) is 4. The second-order valence-electron chi connectivity index (χ2n) is 3.94. The quantitative estimate of drug-likeness (QED) is 0.748. The Morgan fingerprint density at radius 2 is 2.00 bits per heavy atom. The highest BCUT2D eigenvalue weighted by Crippen LogP contribution is 2.16. The van der Waals surface area contributed by atoms with E-state index in [2.05, 4.69) is 15.4 Å². The normalized spacial score (nSPS) is 10.5. The van der Waals surface area contributed by atoms with Gasteiger partial charge in [-0.1, -0.05) is 18.2 Å². The van der Waals surface area contributed by atoms with Crippen LogP contribution >= 0.6 is 0 Å². The van der Waals surface area contributed by atoms with Gasteiger partial charge < -0.3 is 10.4 Å². The fourth-order valence-corrected chi connectivity index (χ4v) is 1.73. The van der Waals surface area contributed by atoms with E-state index >= 15 is 0 Å². The van der Waals surface area contributed by atoms with Gasteiger partial charge in [0.15, 0.2) is 17.2 Å². The van der Waals surface area contributed by atoms with Crippen LogP contribution in [0.15, 0.2) is 48.7 Å². The number of aromatic carboxylic acids is 1. The molecule has 0 unspecified atom stereocenters. The number of anilines is 2. The lowest BCUT2D eigenvalue weighted by atomic mass is 10.3. The molecule has 0 fully saturated rings. The minimum atomic E-state index is -1.05. The number of carboxylic acid groups (broad SMARTS) is 1. The lowest BCUT2D eigenvalue weighted by molar-refractivity contribution is 0.0690. The highest BCUT2D eigenvalue weighted by Gasteiger charge is 2.08. The van der Waals surface area contributed by atoms with Gasteiger partial charge in [-0.25, -0.2) is 14.3 Å². The van der Waals surface area contributed by atoms with Crippen LogP contribution < -0.4 is 5.32 Å². The first-order chi connectivity index (χ1) is 9.22. The molecular formula is C13H10N4O2. The van der Waals surface area contributed by atoms with Crippen LogP contribution in [0.4, 0.5) is 11.5 Å². The zero-order valence-corrected chi connectivity index (χ0v) is 9.82. The molecule has 0 atom stereocenters. The number of nitrogens with zero attached hydrogens (tertiary/aromatic N) is 3. The third-order valence-corrected chi connectivity index (χ3v) is 2.59. The van der Waals surface area contributed by atoms with Gasteiger partial charge >= 0.3 is 5.97 Å². The topological polar surface area (TPSA) is 79.5 Å². The van der Waals surface area contributed by atoms with Gasteiger partial charge in [0, 0.05) is 18.0 Å². The summed E-state index contributed by atoms with van der Waals surface area (Å²) in [5, 5.41) is 16.3. The predicted octanol–water partition coefficient (Wildman–Crippen LogP) is 2.17. The molecule has 1 aromatic carbocycles. The fraction of sp³-hybridized carbons (Fsp3) is 0. The maximum absolute atomic E-state index is 10.8. The van der Waals surface area contributed by atoms with E-state index < -0.39 is 5.97 Å². The van der Waals surface area contributed by atoms with Crippen molar-refractivity contribution in [3.05, 3.63) is 54.4 Å². The molecule has 0 amide bonds. The number of carboxylic acids is 1. The molecule has 0 radical (unpaired) electrons. The van der Waals surface area contributed by atoms with Gasteiger partial charge in [-0.05, 0) is 18.2 Å². The Bertz CT molecular complexity index is 737. The third-order valence-electron chi connectivity index (χ3n) is 2.59. The molecule has 6 nitrogen and oxygen atoms in total. The van der Waals surface area contributed by atoms with E-state index in [1.54, 1.807) is 12.3 Å². The van der Waals surface area contributed by atoms with Crippen molar-refractivity contribution < 1.29 is 9.90 Å². The van der Waals surface area contributed by atoms with Gasteiger partial charge in [0.1, 0.15) is 0 Å². The Kier molecular flexibility index (Phi) is 2.60. The summed E-state index contributed by atoms with van der Waals surface area (Å²) in [6.07, 6.45) is 1.57. The standard InChI is InChI=1S/C13H10N4O2/c18-13(19)10-6-7-17-12(15-10)8-11(16-17)14-9-4-2-1-3-5-9/h1-8H,(H,14,16)(H,18,19). The van der Waals surface area contributed by atoms with Crippen LogP contribution in [0.2, 0.25) is 0 Å². The smallest absolute Gasteiger partial charge is 0.354 e. The van der Waals surface area contributed by atoms with Crippen molar-refractivity contribution in [2.24, 2.45) is 0 Å². The summed E-state index contributed by atoms with van der Waals surface area (Å²) in [7, 11) is 0. The maximum atomic E-state index is 10.8. The molecule has 19 heavy (non-hydrogen) atoms. The Balaban J connectivity index is 1.95. The number of para-hydroxylation sites is 1. The second-order valence-corrected chi connectivity index (χ2v) is 3.94. The average Bonchev–Trinajstić information content (AvgIpc) is 2.80. The summed E-state index contributed by atoms with van der Waals surface area (Å²) in [6.45, 7) is 0. The highest BCUT2D eigenvalue weighted by molar-refractivity contribution is 5.85. The van der Waals surface area contributed by atoms with E-state index in [0.717, 1.165) is 5.69 Å². The molecule has 6 heteroatoms. The fourth-order valence-electron chi connectivity index (χ4n) is 1.73. The SMILES string of the molecule is O=C(O)c1ccn2nc(Nc3ccccc3)cc2n1. The number of rotatable bonds is 3. The van der Waals surface area contributed by atoms with Crippen molar-refractivity contribution >= 4 is 23.1 Å². The Hall–Kier alpha value is -2.89. The first-order valence-corrected chi connectivity index (χ1v) is 5.64. The van der Waals surface area contributed by atoms with E-state index in [4.69, 9.17) is 5.11 Å². The first-order valence-electron chi connectivity index (χ1n) is 5.64. The van der Waals surface area contributed by atoms with Crippen molar-refractivity contribution in [3.63, 3.8) is 0 Å². The number of benzene rings is 1. The Labute approximate surface area is 108 Å². The molecule has 3 rings (SSSR count). The summed E-state index contributed by atoms with van der Waals surface area (Å²) < 4.78 is 1.53. The summed E-state index contributed by atoms with van der Waals surface area (Å²) in [6, 6.07) is 12.7. The molecule has 0 aliphatic carbocycles. The van der Waals surface area contributed by atoms with Crippen LogP contribution in [0.25, 0.3) is 5.65 Å². The lowest BCUT2D eigenvalue weighted by Gasteiger charge is -2.00. The van der Waals surface area contributed by atoms with E-state index in [1.807, 2.05) is 30.3 Å². The van der Waals surface area contributed by atoms with Gasteiger partial charge in [0.05, 0.1) is 0 Å². The van der Waals surface area contributed by atoms with Gasteiger partial charge in [-0.2, -0.15) is 0 Å². The molecule has 0 saturated carbocycles. The largest absolute Gasteiger partial charge is 0.477 e. The molecule has 0 aliphatic heterocycles. The predicted molar refractivity (Wildman–Crippen MR) is 69.7 cm³/mol. The molecule has 0 spiro atoms. The van der Waals surface area contributed by atoms with Crippen molar-refractivity contribution in [1.29, 1.82) is 0 Å². The highest BCUT2D eigenvalue weighted by atomic mass is 16.4. The molecule has 3 aromatic rings. The van der Waals surface area contributed by atoms with E-state index in [0.29, 0.717) is 11.5 Å². The first kappa shape index (κ1) is 11.2. The van der Waals surface area contributed by atoms with Gasteiger partial charge in [0.25, 0.3) is 0 Å². The lowest BCUT2D eigenvalue weighted by Crippen LogP contribution is -2.01. The van der Waals surface area contributed by atoms with Crippen LogP contribution in [0.3, 0.4) is 0 Å². The number of hydrogen-bond donors (Lipinski definition) is 2. The van der Waals surface area contributed by atoms with Crippen LogP contribution in [-0.2, 0) is 0 Å². The van der Waals surface area contributed by atoms with E-state index in [-0.39, 0.29) is 5.69 Å². The van der Waals surface area contributed by atoms with Crippen LogP contribution in [-0.4, -0.2) is 25.7 Å². The minimum absolute atomic E-state index is 0.00124. The van der Waals surface area contributed by atoms with Gasteiger partial charge in [-0.15, -0.1) is 5.10 Å². The maximum Gasteiger partial charge on any atom is 0.354 e. The monoisotopic (exact) mass is 254 g/mol. The van der Waals surface area contributed by atoms with Crippen LogP contribution in [0, 0.1) is 0 Å². The summed E-state index contributed by atoms with van der Waals surface area (Å²) in [4.78, 5) is 14.8. The summed E-state index contributed by atoms with van der Waals surface area (Å²) >= 11 is 0. The number of carbonyl (C=O) groups is 1. The van der Waals surface area contributed by atoms with Crippen molar-refractivity contribution in [1.82, 2.24) is 14.6 Å². The van der Waals surface area contributed by atoms with E-state index in [1.165, 1.54) is 10.6 Å². The van der Waals surface area contributed by atoms with Crippen molar-refractivity contribution in [2.75, 3.05) is 5.32 Å². The van der Waals surface area contributed by atoms with Gasteiger partial charge in [0.2, 0.25) is 0 Å². The molecule has 0 aliphatic rings. The van der Waals surface area contributed by atoms with Crippen molar-refractivity contribution in [3.8, 4) is 0 Å². The molecule has 94 valence electrons. The molecule has 0 saturated heterocycles. The zero-order valence-electron chi connectivity index (χ0n) is 9.82. The summed E-state index contributed by atoms with van der Waals surface area (Å²) in [5.41, 5.74) is 1.39. The van der Waals surface area contributed by atoms with Gasteiger partial charge in [-0.3, -0.25) is 0 Å². The molecule has 2 heterocycles. The number of fused-ring (bicyclic) bond motifs is 1. The Morgan fingerprint density at radius 1 is 1.21 bits per heavy atom. The molecule has 2 N–H and O–H groups in total. The molecule has 2 aromatic heterocycles. The van der Waals surface area contributed by atoms with Crippen molar-refractivity contribution in [2.45, 2.75) is 0 Å². The Morgan fingerprint density at radius 3 is 2.74 bits per heavy atom. The second kappa shape index (κ2) is 4.41. The minimum Gasteiger partial charge on any atom is -0.477 e. The third kappa shape index (κ3) is 2.23. The zero-order chi connectivity index (χ0) is 13.2. The molecule has 0 bridgehead atoms. The molecular weight excluding hydrogens is 244 g/mol. The van der Waals surface area contributed by atoms with Crippen LogP contribution in [0.1, 0.15) is 10.5 Å². The summed E-state index contributed by atoms with van der Waals surface area (Å²) in [5.74, 6) is -0.442. The van der Waals surface area contributed by atoms with E-state index in [9.17, 15) is 4.79 Å². The average molecular weight is 254 g/mol.